The van der Waals surface area contributed by atoms with Crippen LogP contribution < -0.4 is 5.73 Å². The lowest BCUT2D eigenvalue weighted by Crippen LogP contribution is -2.37. The number of carbonyl (C=O) groups is 2. The van der Waals surface area contributed by atoms with Crippen molar-refractivity contribution in [3.63, 3.8) is 0 Å². The summed E-state index contributed by atoms with van der Waals surface area (Å²) < 4.78 is 0. The van der Waals surface area contributed by atoms with E-state index in [9.17, 15) is 9.59 Å². The van der Waals surface area contributed by atoms with Gasteiger partial charge >= 0.3 is 0 Å². The number of nitrogens with zero attached hydrogens (tertiary/aromatic N) is 2. The molecule has 1 saturated heterocycles. The molecule has 0 atom stereocenters. The molecule has 0 unspecified atom stereocenters. The molecule has 0 aliphatic carbocycles. The Kier molecular flexibility index (Phi) is 7.67. The van der Waals surface area contributed by atoms with Gasteiger partial charge in [0.15, 0.2) is 0 Å². The summed E-state index contributed by atoms with van der Waals surface area (Å²) in [5.74, 6) is 0.101. The van der Waals surface area contributed by atoms with Crippen molar-refractivity contribution in [2.45, 2.75) is 19.3 Å². The molecular weight excluding hydrogens is 362 g/mol. The van der Waals surface area contributed by atoms with Crippen LogP contribution in [0.15, 0.2) is 54.6 Å². The lowest BCUT2D eigenvalue weighted by molar-refractivity contribution is -0.131. The van der Waals surface area contributed by atoms with Gasteiger partial charge in [-0.05, 0) is 30.5 Å². The highest BCUT2D eigenvalue weighted by atomic mass is 35.5. The fourth-order valence-corrected chi connectivity index (χ4v) is 3.29. The first-order chi connectivity index (χ1) is 12.6. The maximum absolute atomic E-state index is 12.7. The van der Waals surface area contributed by atoms with Crippen LogP contribution in [0.1, 0.15) is 28.8 Å². The van der Waals surface area contributed by atoms with Gasteiger partial charge in [0, 0.05) is 38.3 Å². The Hall–Kier alpha value is -2.53. The summed E-state index contributed by atoms with van der Waals surface area (Å²) in [6.07, 6.45) is 2.04. The van der Waals surface area contributed by atoms with Gasteiger partial charge in [0.1, 0.15) is 0 Å². The Morgan fingerprint density at radius 2 is 1.48 bits per heavy atom. The maximum atomic E-state index is 12.7. The molecule has 27 heavy (non-hydrogen) atoms. The Morgan fingerprint density at radius 3 is 2.22 bits per heavy atom. The summed E-state index contributed by atoms with van der Waals surface area (Å²) in [7, 11) is 0. The second-order valence-corrected chi connectivity index (χ2v) is 6.60. The molecule has 0 aromatic heterocycles. The third-order valence-corrected chi connectivity index (χ3v) is 4.80. The molecule has 0 radical (unpaired) electrons. The van der Waals surface area contributed by atoms with E-state index >= 15 is 0 Å². The molecule has 5 nitrogen and oxygen atoms in total. The number of aryl methyl sites for hydroxylation is 1. The molecule has 2 amide bonds. The van der Waals surface area contributed by atoms with Crippen LogP contribution in [0.5, 0.6) is 0 Å². The van der Waals surface area contributed by atoms with Gasteiger partial charge in [0.25, 0.3) is 5.91 Å². The summed E-state index contributed by atoms with van der Waals surface area (Å²) in [5, 5.41) is 0. The van der Waals surface area contributed by atoms with Gasteiger partial charge < -0.3 is 15.5 Å². The average Bonchev–Trinajstić information content (AvgIpc) is 2.93. The number of amides is 2. The number of halogens is 1. The van der Waals surface area contributed by atoms with Crippen LogP contribution in [0.25, 0.3) is 0 Å². The Balaban J connectivity index is 0.00000261. The lowest BCUT2D eigenvalue weighted by atomic mass is 10.1. The smallest absolute Gasteiger partial charge is 0.256 e. The number of para-hydroxylation sites is 1. The number of nitrogen functional groups attached to an aromatic ring is 1. The van der Waals surface area contributed by atoms with Crippen LogP contribution in [-0.4, -0.2) is 47.8 Å². The summed E-state index contributed by atoms with van der Waals surface area (Å²) in [6, 6.07) is 17.2. The van der Waals surface area contributed by atoms with Crippen molar-refractivity contribution < 1.29 is 9.59 Å². The van der Waals surface area contributed by atoms with E-state index in [1.54, 1.807) is 17.0 Å². The van der Waals surface area contributed by atoms with Crippen LogP contribution in [0.4, 0.5) is 5.69 Å². The van der Waals surface area contributed by atoms with E-state index < -0.39 is 0 Å². The lowest BCUT2D eigenvalue weighted by Gasteiger charge is -2.22. The molecule has 0 saturated carbocycles. The quantitative estimate of drug-likeness (QED) is 0.820. The van der Waals surface area contributed by atoms with Gasteiger partial charge in [0.05, 0.1) is 5.56 Å². The molecule has 2 aromatic rings. The van der Waals surface area contributed by atoms with E-state index in [2.05, 4.69) is 0 Å². The molecule has 6 heteroatoms. The van der Waals surface area contributed by atoms with E-state index in [0.717, 1.165) is 12.8 Å². The minimum absolute atomic E-state index is 0. The van der Waals surface area contributed by atoms with Crippen molar-refractivity contribution in [2.75, 3.05) is 31.9 Å². The predicted octanol–water partition coefficient (Wildman–Crippen LogP) is 3.00. The molecule has 1 aliphatic rings. The van der Waals surface area contributed by atoms with Crippen molar-refractivity contribution in [3.8, 4) is 0 Å². The topological polar surface area (TPSA) is 66.6 Å². The number of hydrogen-bond acceptors (Lipinski definition) is 3. The normalized spacial score (nSPS) is 14.2. The molecule has 0 spiro atoms. The molecule has 1 heterocycles. The summed E-state index contributed by atoms with van der Waals surface area (Å²) in [6.45, 7) is 2.47. The monoisotopic (exact) mass is 387 g/mol. The maximum Gasteiger partial charge on any atom is 0.256 e. The number of benzene rings is 2. The molecule has 1 fully saturated rings. The Labute approximate surface area is 166 Å². The Morgan fingerprint density at radius 1 is 0.852 bits per heavy atom. The zero-order valence-electron chi connectivity index (χ0n) is 15.3. The number of nitrogens with two attached hydrogens (primary N) is 1. The number of anilines is 1. The standard InChI is InChI=1S/C21H25N3O2.ClH/c22-19-10-5-4-9-18(19)21(26)24-14-6-13-23(15-16-24)20(25)12-11-17-7-2-1-3-8-17;/h1-5,7-10H,6,11-16,22H2;1H. The van der Waals surface area contributed by atoms with E-state index in [1.807, 2.05) is 47.4 Å². The van der Waals surface area contributed by atoms with Gasteiger partial charge in [-0.1, -0.05) is 42.5 Å². The highest BCUT2D eigenvalue weighted by molar-refractivity contribution is 5.99. The van der Waals surface area contributed by atoms with Gasteiger partial charge in [0.2, 0.25) is 5.91 Å². The molecule has 2 N–H and O–H groups in total. The third-order valence-electron chi connectivity index (χ3n) is 4.80. The average molecular weight is 388 g/mol. The first-order valence-electron chi connectivity index (χ1n) is 9.10. The number of carbonyl (C=O) groups excluding carboxylic acids is 2. The minimum Gasteiger partial charge on any atom is -0.398 e. The van der Waals surface area contributed by atoms with Crippen LogP contribution in [0.2, 0.25) is 0 Å². The van der Waals surface area contributed by atoms with Crippen molar-refractivity contribution >= 4 is 29.9 Å². The van der Waals surface area contributed by atoms with Crippen LogP contribution in [-0.2, 0) is 11.2 Å². The summed E-state index contributed by atoms with van der Waals surface area (Å²) in [5.41, 5.74) is 8.13. The Bertz CT molecular complexity index is 767. The second-order valence-electron chi connectivity index (χ2n) is 6.60. The first kappa shape index (κ1) is 20.8. The van der Waals surface area contributed by atoms with E-state index in [0.29, 0.717) is 43.9 Å². The van der Waals surface area contributed by atoms with Crippen LogP contribution in [0.3, 0.4) is 0 Å². The molecule has 2 aromatic carbocycles. The van der Waals surface area contributed by atoms with Crippen molar-refractivity contribution in [2.24, 2.45) is 0 Å². The van der Waals surface area contributed by atoms with Crippen molar-refractivity contribution in [3.05, 3.63) is 65.7 Å². The molecular formula is C21H26ClN3O2. The third kappa shape index (κ3) is 5.47. The van der Waals surface area contributed by atoms with Crippen LogP contribution >= 0.6 is 12.4 Å². The van der Waals surface area contributed by atoms with Gasteiger partial charge in [-0.3, -0.25) is 9.59 Å². The molecule has 144 valence electrons. The highest BCUT2D eigenvalue weighted by Crippen LogP contribution is 2.16. The number of hydrogen-bond donors (Lipinski definition) is 1. The van der Waals surface area contributed by atoms with Gasteiger partial charge in [-0.15, -0.1) is 12.4 Å². The fourth-order valence-electron chi connectivity index (χ4n) is 3.29. The van der Waals surface area contributed by atoms with Gasteiger partial charge in [-0.25, -0.2) is 0 Å². The number of rotatable bonds is 4. The van der Waals surface area contributed by atoms with E-state index in [1.165, 1.54) is 5.56 Å². The highest BCUT2D eigenvalue weighted by Gasteiger charge is 2.23. The minimum atomic E-state index is -0.0540. The largest absolute Gasteiger partial charge is 0.398 e. The molecule has 0 bridgehead atoms. The van der Waals surface area contributed by atoms with E-state index in [4.69, 9.17) is 5.73 Å². The molecule has 1 aliphatic heterocycles. The summed E-state index contributed by atoms with van der Waals surface area (Å²) in [4.78, 5) is 28.9. The van der Waals surface area contributed by atoms with Crippen molar-refractivity contribution in [1.82, 2.24) is 9.80 Å². The first-order valence-corrected chi connectivity index (χ1v) is 9.10. The molecule has 3 rings (SSSR count). The summed E-state index contributed by atoms with van der Waals surface area (Å²) >= 11 is 0. The van der Waals surface area contributed by atoms with Gasteiger partial charge in [-0.2, -0.15) is 0 Å². The predicted molar refractivity (Wildman–Crippen MR) is 110 cm³/mol. The zero-order valence-corrected chi connectivity index (χ0v) is 16.2. The van der Waals surface area contributed by atoms with E-state index in [-0.39, 0.29) is 24.2 Å². The fraction of sp³-hybridized carbons (Fsp3) is 0.333. The SMILES string of the molecule is Cl.Nc1ccccc1C(=O)N1CCCN(C(=O)CCc2ccccc2)CC1. The second kappa shape index (κ2) is 9.97. The zero-order chi connectivity index (χ0) is 18.4. The van der Waals surface area contributed by atoms with Crippen molar-refractivity contribution in [1.29, 1.82) is 0 Å². The van der Waals surface area contributed by atoms with Crippen LogP contribution in [0, 0.1) is 0 Å².